The van der Waals surface area contributed by atoms with Gasteiger partial charge in [0.25, 0.3) is 0 Å². The van der Waals surface area contributed by atoms with Crippen molar-refractivity contribution in [1.82, 2.24) is 14.4 Å². The average molecular weight is 383 g/mol. The van der Waals surface area contributed by atoms with Gasteiger partial charge in [-0.1, -0.05) is 13.8 Å². The maximum Gasteiger partial charge on any atom is 0.242 e. The van der Waals surface area contributed by atoms with Gasteiger partial charge in [0.2, 0.25) is 5.91 Å². The summed E-state index contributed by atoms with van der Waals surface area (Å²) in [4.78, 5) is 25.0. The fraction of sp³-hybridized carbons (Fsp3) is 0.476. The minimum absolute atomic E-state index is 0.171. The third kappa shape index (κ3) is 4.25. The number of aromatic nitrogens is 1. The van der Waals surface area contributed by atoms with Crippen molar-refractivity contribution in [1.29, 1.82) is 0 Å². The Morgan fingerprint density at radius 2 is 1.96 bits per heavy atom. The molecule has 0 bridgehead atoms. The van der Waals surface area contributed by atoms with Crippen LogP contribution in [0.4, 0.5) is 0 Å². The number of nitrogens with zero attached hydrogens (tertiary/aromatic N) is 5. The van der Waals surface area contributed by atoms with E-state index in [1.165, 1.54) is 11.9 Å². The zero-order chi connectivity index (χ0) is 20.3. The number of aliphatic imine (C=N–C) groups is 2. The first-order valence-electron chi connectivity index (χ1n) is 9.74. The maximum absolute atomic E-state index is 12.8. The molecule has 1 aliphatic heterocycles. The summed E-state index contributed by atoms with van der Waals surface area (Å²) in [5.41, 5.74) is 9.20. The molecule has 0 saturated carbocycles. The molecule has 1 saturated heterocycles. The highest BCUT2D eigenvalue weighted by molar-refractivity contribution is 6.04. The Morgan fingerprint density at radius 3 is 2.61 bits per heavy atom. The molecule has 0 aliphatic carbocycles. The molecule has 7 nitrogen and oxygen atoms in total. The number of hydrogen-bond donors (Lipinski definition) is 1. The predicted molar refractivity (Wildman–Crippen MR) is 115 cm³/mol. The van der Waals surface area contributed by atoms with Crippen molar-refractivity contribution in [2.24, 2.45) is 15.7 Å². The molecule has 1 aromatic heterocycles. The van der Waals surface area contributed by atoms with E-state index in [1.807, 2.05) is 17.0 Å². The van der Waals surface area contributed by atoms with Gasteiger partial charge in [-0.15, -0.1) is 0 Å². The van der Waals surface area contributed by atoms with Crippen LogP contribution in [0.3, 0.4) is 0 Å². The number of hydrogen-bond acceptors (Lipinski definition) is 3. The largest absolute Gasteiger partial charge is 0.383 e. The molecule has 2 N–H and O–H groups in total. The summed E-state index contributed by atoms with van der Waals surface area (Å²) in [6.07, 6.45) is 3.55. The van der Waals surface area contributed by atoms with Crippen molar-refractivity contribution in [3.63, 3.8) is 0 Å². The summed E-state index contributed by atoms with van der Waals surface area (Å²) >= 11 is 0. The van der Waals surface area contributed by atoms with Crippen molar-refractivity contribution in [3.8, 4) is 0 Å². The number of amides is 1. The van der Waals surface area contributed by atoms with Gasteiger partial charge in [-0.2, -0.15) is 0 Å². The van der Waals surface area contributed by atoms with E-state index in [4.69, 9.17) is 5.73 Å². The van der Waals surface area contributed by atoms with Crippen molar-refractivity contribution >= 4 is 29.0 Å². The van der Waals surface area contributed by atoms with E-state index < -0.39 is 0 Å². The number of carbonyl (C=O) groups is 1. The number of likely N-dealkylation sites (N-methyl/N-ethyl adjacent to an activating group) is 1. The molecule has 0 spiro atoms. The highest BCUT2D eigenvalue weighted by atomic mass is 16.2. The second-order valence-electron chi connectivity index (χ2n) is 7.67. The molecule has 1 aromatic carbocycles. The molecule has 28 heavy (non-hydrogen) atoms. The number of carbonyl (C=O) groups excluding carboxylic acids is 1. The third-order valence-corrected chi connectivity index (χ3v) is 5.30. The van der Waals surface area contributed by atoms with E-state index in [2.05, 4.69) is 52.6 Å². The standard InChI is InChI=1S/C21H30N6O/c1-15(2)18-12-27(13-20(28)26-9-7-25(4)8-10-26)19-6-5-16(11-17(18)19)21(22)24-14-23-3/h5-6,11-12,14-15H,7-10,13H2,1-4H3,(H2,22,23,24). The van der Waals surface area contributed by atoms with E-state index in [9.17, 15) is 4.79 Å². The fourth-order valence-corrected chi connectivity index (χ4v) is 3.57. The first kappa shape index (κ1) is 20.1. The Morgan fingerprint density at radius 1 is 1.25 bits per heavy atom. The van der Waals surface area contributed by atoms with Crippen LogP contribution in [0, 0.1) is 0 Å². The topological polar surface area (TPSA) is 79.2 Å². The number of fused-ring (bicyclic) bond motifs is 1. The second kappa shape index (κ2) is 8.56. The lowest BCUT2D eigenvalue weighted by atomic mass is 10.0. The molecule has 1 aliphatic rings. The van der Waals surface area contributed by atoms with Gasteiger partial charge >= 0.3 is 0 Å². The second-order valence-corrected chi connectivity index (χ2v) is 7.67. The van der Waals surface area contributed by atoms with Gasteiger partial charge in [-0.3, -0.25) is 9.79 Å². The number of piperazine rings is 1. The fourth-order valence-electron chi connectivity index (χ4n) is 3.57. The lowest BCUT2D eigenvalue weighted by Gasteiger charge is -2.32. The Kier molecular flexibility index (Phi) is 6.14. The van der Waals surface area contributed by atoms with Crippen molar-refractivity contribution in [3.05, 3.63) is 35.5 Å². The maximum atomic E-state index is 12.8. The molecule has 0 radical (unpaired) electrons. The van der Waals surface area contributed by atoms with Crippen LogP contribution in [-0.4, -0.2) is 72.7 Å². The minimum atomic E-state index is 0.171. The van der Waals surface area contributed by atoms with E-state index >= 15 is 0 Å². The monoisotopic (exact) mass is 382 g/mol. The van der Waals surface area contributed by atoms with Crippen LogP contribution < -0.4 is 5.73 Å². The summed E-state index contributed by atoms with van der Waals surface area (Å²) in [5.74, 6) is 0.946. The molecule has 2 heterocycles. The van der Waals surface area contributed by atoms with Crippen LogP contribution in [0.2, 0.25) is 0 Å². The lowest BCUT2D eigenvalue weighted by molar-refractivity contribution is -0.133. The van der Waals surface area contributed by atoms with E-state index in [-0.39, 0.29) is 5.91 Å². The molecule has 0 unspecified atom stereocenters. The van der Waals surface area contributed by atoms with Crippen LogP contribution in [0.25, 0.3) is 10.9 Å². The summed E-state index contributed by atoms with van der Waals surface area (Å²) in [5, 5.41) is 1.12. The highest BCUT2D eigenvalue weighted by Crippen LogP contribution is 2.28. The van der Waals surface area contributed by atoms with Crippen molar-refractivity contribution in [2.45, 2.75) is 26.3 Å². The van der Waals surface area contributed by atoms with Crippen LogP contribution in [-0.2, 0) is 11.3 Å². The summed E-state index contributed by atoms with van der Waals surface area (Å²) in [6.45, 7) is 8.13. The zero-order valence-electron chi connectivity index (χ0n) is 17.2. The molecule has 2 aromatic rings. The highest BCUT2D eigenvalue weighted by Gasteiger charge is 2.21. The SMILES string of the molecule is CN=CN=C(N)c1ccc2c(c1)c(C(C)C)cn2CC(=O)N1CCN(C)CC1. The number of nitrogens with two attached hydrogens (primary N) is 1. The number of rotatable bonds is 5. The number of benzene rings is 1. The van der Waals surface area contributed by atoms with Gasteiger partial charge in [0.05, 0.1) is 0 Å². The average Bonchev–Trinajstić information content (AvgIpc) is 3.04. The minimum Gasteiger partial charge on any atom is -0.383 e. The normalized spacial score (nSPS) is 16.6. The zero-order valence-corrected chi connectivity index (χ0v) is 17.2. The Hall–Kier alpha value is -2.67. The van der Waals surface area contributed by atoms with Crippen molar-refractivity contribution < 1.29 is 4.79 Å². The quantitative estimate of drug-likeness (QED) is 0.634. The van der Waals surface area contributed by atoms with Gasteiger partial charge < -0.3 is 20.1 Å². The van der Waals surface area contributed by atoms with Gasteiger partial charge in [0, 0.05) is 55.9 Å². The van der Waals surface area contributed by atoms with Gasteiger partial charge in [0.15, 0.2) is 0 Å². The molecule has 1 fully saturated rings. The summed E-state index contributed by atoms with van der Waals surface area (Å²) in [6, 6.07) is 6.04. The van der Waals surface area contributed by atoms with Crippen molar-refractivity contribution in [2.75, 3.05) is 40.3 Å². The first-order chi connectivity index (χ1) is 13.4. The Bertz CT molecular complexity index is 903. The van der Waals surface area contributed by atoms with Gasteiger partial charge in [0.1, 0.15) is 18.7 Å². The Balaban J connectivity index is 1.92. The molecule has 1 amide bonds. The van der Waals surface area contributed by atoms with Crippen LogP contribution in [0.5, 0.6) is 0 Å². The Labute approximate surface area is 166 Å². The van der Waals surface area contributed by atoms with Gasteiger partial charge in [-0.05, 0) is 36.7 Å². The van der Waals surface area contributed by atoms with E-state index in [0.29, 0.717) is 18.3 Å². The summed E-state index contributed by atoms with van der Waals surface area (Å²) < 4.78 is 2.07. The lowest BCUT2D eigenvalue weighted by Crippen LogP contribution is -2.48. The molecular weight excluding hydrogens is 352 g/mol. The third-order valence-electron chi connectivity index (χ3n) is 5.30. The van der Waals surface area contributed by atoms with E-state index in [1.54, 1.807) is 7.05 Å². The number of amidine groups is 1. The van der Waals surface area contributed by atoms with Gasteiger partial charge in [-0.25, -0.2) is 4.99 Å². The molecule has 3 rings (SSSR count). The summed E-state index contributed by atoms with van der Waals surface area (Å²) in [7, 11) is 3.75. The van der Waals surface area contributed by atoms with Crippen LogP contribution in [0.1, 0.15) is 30.9 Å². The molecule has 7 heteroatoms. The predicted octanol–water partition coefficient (Wildman–Crippen LogP) is 1.90. The molecular formula is C21H30N6O. The molecule has 0 atom stereocenters. The first-order valence-corrected chi connectivity index (χ1v) is 9.74. The van der Waals surface area contributed by atoms with E-state index in [0.717, 1.165) is 42.6 Å². The molecule has 150 valence electrons. The smallest absolute Gasteiger partial charge is 0.242 e. The van der Waals surface area contributed by atoms with Crippen LogP contribution >= 0.6 is 0 Å². The van der Waals surface area contributed by atoms with Crippen LogP contribution in [0.15, 0.2) is 34.4 Å².